The Morgan fingerprint density at radius 1 is 1.04 bits per heavy atom. The average Bonchev–Trinajstić information content (AvgIpc) is 2.56. The molecule has 4 heteroatoms. The average molecular weight is 322 g/mol. The van der Waals surface area contributed by atoms with E-state index in [4.69, 9.17) is 9.47 Å². The Labute approximate surface area is 140 Å². The minimum absolute atomic E-state index is 0.289. The van der Waals surface area contributed by atoms with Crippen LogP contribution in [0.3, 0.4) is 0 Å². The molecule has 0 atom stereocenters. The lowest BCUT2D eigenvalue weighted by Gasteiger charge is -2.15. The van der Waals surface area contributed by atoms with Crippen molar-refractivity contribution in [3.63, 3.8) is 0 Å². The summed E-state index contributed by atoms with van der Waals surface area (Å²) in [6.45, 7) is 5.27. The van der Waals surface area contributed by atoms with Crippen molar-refractivity contribution in [2.75, 3.05) is 6.61 Å². The van der Waals surface area contributed by atoms with Gasteiger partial charge in [-0.25, -0.2) is 4.79 Å². The fourth-order valence-electron chi connectivity index (χ4n) is 2.96. The molecular formula is C20H18O4. The number of carbonyl (C=O) groups is 2. The van der Waals surface area contributed by atoms with Crippen molar-refractivity contribution < 1.29 is 19.1 Å². The van der Waals surface area contributed by atoms with E-state index in [0.717, 1.165) is 27.1 Å². The largest absolute Gasteiger partial charge is 0.462 e. The quantitative estimate of drug-likeness (QED) is 0.407. The van der Waals surface area contributed by atoms with Crippen LogP contribution in [0.1, 0.15) is 29.8 Å². The molecule has 3 aromatic rings. The number of hydrogen-bond donors (Lipinski definition) is 0. The zero-order valence-corrected chi connectivity index (χ0v) is 13.9. The van der Waals surface area contributed by atoms with Crippen LogP contribution in [0.4, 0.5) is 0 Å². The van der Waals surface area contributed by atoms with Gasteiger partial charge in [0.05, 0.1) is 12.2 Å². The van der Waals surface area contributed by atoms with Crippen LogP contribution in [0, 0.1) is 6.92 Å². The van der Waals surface area contributed by atoms with E-state index in [1.807, 2.05) is 43.3 Å². The molecule has 0 unspecified atom stereocenters. The summed E-state index contributed by atoms with van der Waals surface area (Å²) in [6, 6.07) is 13.4. The van der Waals surface area contributed by atoms with Crippen molar-refractivity contribution in [3.8, 4) is 5.75 Å². The molecule has 4 nitrogen and oxygen atoms in total. The summed E-state index contributed by atoms with van der Waals surface area (Å²) in [6.07, 6.45) is 0. The number of hydrogen-bond acceptors (Lipinski definition) is 4. The molecule has 0 fully saturated rings. The number of aryl methyl sites for hydroxylation is 1. The Bertz CT molecular complexity index is 957. The van der Waals surface area contributed by atoms with Crippen LogP contribution >= 0.6 is 0 Å². The number of benzene rings is 3. The van der Waals surface area contributed by atoms with Crippen molar-refractivity contribution in [1.82, 2.24) is 0 Å². The van der Waals surface area contributed by atoms with Gasteiger partial charge in [0.2, 0.25) is 0 Å². The van der Waals surface area contributed by atoms with Gasteiger partial charge in [-0.15, -0.1) is 0 Å². The van der Waals surface area contributed by atoms with Crippen molar-refractivity contribution in [2.24, 2.45) is 0 Å². The normalized spacial score (nSPS) is 10.8. The minimum Gasteiger partial charge on any atom is -0.462 e. The van der Waals surface area contributed by atoms with Crippen LogP contribution < -0.4 is 4.74 Å². The SMILES string of the molecule is CCOC(=O)c1cc(OC(C)=O)c2c(ccc3ccccc32)c1C. The summed E-state index contributed by atoms with van der Waals surface area (Å²) in [7, 11) is 0. The predicted octanol–water partition coefficient (Wildman–Crippen LogP) is 4.40. The molecule has 0 radical (unpaired) electrons. The molecule has 0 N–H and O–H groups in total. The lowest BCUT2D eigenvalue weighted by atomic mass is 9.94. The van der Waals surface area contributed by atoms with Gasteiger partial charge in [-0.1, -0.05) is 36.4 Å². The zero-order valence-electron chi connectivity index (χ0n) is 13.9. The molecular weight excluding hydrogens is 304 g/mol. The number of carbonyl (C=O) groups excluding carboxylic acids is 2. The fourth-order valence-corrected chi connectivity index (χ4v) is 2.96. The van der Waals surface area contributed by atoms with Gasteiger partial charge in [-0.3, -0.25) is 4.79 Å². The third-order valence-corrected chi connectivity index (χ3v) is 4.01. The molecule has 0 saturated carbocycles. The van der Waals surface area contributed by atoms with E-state index in [1.165, 1.54) is 6.92 Å². The third-order valence-electron chi connectivity index (χ3n) is 4.01. The summed E-state index contributed by atoms with van der Waals surface area (Å²) in [4.78, 5) is 23.8. The second-order valence-corrected chi connectivity index (χ2v) is 5.57. The molecule has 0 aliphatic heterocycles. The molecule has 0 saturated heterocycles. The maximum absolute atomic E-state index is 12.2. The lowest BCUT2D eigenvalue weighted by Crippen LogP contribution is -2.09. The topological polar surface area (TPSA) is 52.6 Å². The first kappa shape index (κ1) is 16.0. The van der Waals surface area contributed by atoms with Crippen LogP contribution in [0.5, 0.6) is 5.75 Å². The first-order valence-electron chi connectivity index (χ1n) is 7.83. The van der Waals surface area contributed by atoms with Gasteiger partial charge in [-0.05, 0) is 41.6 Å². The van der Waals surface area contributed by atoms with E-state index < -0.39 is 11.9 Å². The van der Waals surface area contributed by atoms with Crippen molar-refractivity contribution >= 4 is 33.5 Å². The van der Waals surface area contributed by atoms with Crippen molar-refractivity contribution in [1.29, 1.82) is 0 Å². The summed E-state index contributed by atoms with van der Waals surface area (Å²) in [5, 5.41) is 3.72. The molecule has 0 aliphatic rings. The summed E-state index contributed by atoms with van der Waals surface area (Å²) < 4.78 is 10.5. The lowest BCUT2D eigenvalue weighted by molar-refractivity contribution is -0.131. The van der Waals surface area contributed by atoms with E-state index in [9.17, 15) is 9.59 Å². The van der Waals surface area contributed by atoms with Gasteiger partial charge in [0.1, 0.15) is 5.75 Å². The maximum atomic E-state index is 12.2. The Hall–Kier alpha value is -2.88. The minimum atomic E-state index is -0.428. The number of esters is 2. The molecule has 122 valence electrons. The van der Waals surface area contributed by atoms with Gasteiger partial charge in [-0.2, -0.15) is 0 Å². The third kappa shape index (κ3) is 2.71. The van der Waals surface area contributed by atoms with Crippen LogP contribution in [-0.2, 0) is 9.53 Å². The Balaban J connectivity index is 2.40. The van der Waals surface area contributed by atoms with Gasteiger partial charge in [0.25, 0.3) is 0 Å². The van der Waals surface area contributed by atoms with E-state index in [-0.39, 0.29) is 6.61 Å². The summed E-state index contributed by atoms with van der Waals surface area (Å²) >= 11 is 0. The smallest absolute Gasteiger partial charge is 0.338 e. The zero-order chi connectivity index (χ0) is 17.3. The van der Waals surface area contributed by atoms with E-state index >= 15 is 0 Å². The highest BCUT2D eigenvalue weighted by Gasteiger charge is 2.19. The van der Waals surface area contributed by atoms with Crippen molar-refractivity contribution in [3.05, 3.63) is 53.6 Å². The highest BCUT2D eigenvalue weighted by atomic mass is 16.5. The number of ether oxygens (including phenoxy) is 2. The number of fused-ring (bicyclic) bond motifs is 3. The monoisotopic (exact) mass is 322 g/mol. The molecule has 0 heterocycles. The Kier molecular flexibility index (Phi) is 4.21. The predicted molar refractivity (Wildman–Crippen MR) is 93.5 cm³/mol. The van der Waals surface area contributed by atoms with Gasteiger partial charge in [0, 0.05) is 12.3 Å². The molecule has 0 amide bonds. The number of rotatable bonds is 3. The van der Waals surface area contributed by atoms with E-state index in [2.05, 4.69) is 0 Å². The molecule has 24 heavy (non-hydrogen) atoms. The Morgan fingerprint density at radius 2 is 1.79 bits per heavy atom. The fraction of sp³-hybridized carbons (Fsp3) is 0.200. The molecule has 0 bridgehead atoms. The summed E-state index contributed by atoms with van der Waals surface area (Å²) in [5.41, 5.74) is 1.22. The van der Waals surface area contributed by atoms with Crippen molar-refractivity contribution in [2.45, 2.75) is 20.8 Å². The first-order valence-corrected chi connectivity index (χ1v) is 7.83. The van der Waals surface area contributed by atoms with E-state index in [0.29, 0.717) is 11.3 Å². The molecule has 0 aromatic heterocycles. The van der Waals surface area contributed by atoms with E-state index in [1.54, 1.807) is 13.0 Å². The molecule has 3 aromatic carbocycles. The van der Waals surface area contributed by atoms with Crippen LogP contribution in [0.15, 0.2) is 42.5 Å². The van der Waals surface area contributed by atoms with Crippen LogP contribution in [-0.4, -0.2) is 18.5 Å². The highest BCUT2D eigenvalue weighted by molar-refractivity contribution is 6.14. The molecule has 0 aliphatic carbocycles. The van der Waals surface area contributed by atoms with Crippen LogP contribution in [0.25, 0.3) is 21.5 Å². The Morgan fingerprint density at radius 3 is 2.50 bits per heavy atom. The summed E-state index contributed by atoms with van der Waals surface area (Å²) in [5.74, 6) is -0.468. The van der Waals surface area contributed by atoms with Crippen LogP contribution in [0.2, 0.25) is 0 Å². The maximum Gasteiger partial charge on any atom is 0.338 e. The standard InChI is InChI=1S/C20H18O4/c1-4-23-20(22)17-11-18(24-13(3)21)19-15(12(17)2)10-9-14-7-5-6-8-16(14)19/h5-11H,4H2,1-3H3. The van der Waals surface area contributed by atoms with Gasteiger partial charge in [0.15, 0.2) is 0 Å². The first-order chi connectivity index (χ1) is 11.5. The highest BCUT2D eigenvalue weighted by Crippen LogP contribution is 2.37. The molecule has 3 rings (SSSR count). The molecule has 0 spiro atoms. The second kappa shape index (κ2) is 6.32. The second-order valence-electron chi connectivity index (χ2n) is 5.57. The van der Waals surface area contributed by atoms with Gasteiger partial charge >= 0.3 is 11.9 Å². The van der Waals surface area contributed by atoms with Gasteiger partial charge < -0.3 is 9.47 Å².